The number of aromatic nitrogens is 2. The van der Waals surface area contributed by atoms with Gasteiger partial charge in [-0.1, -0.05) is 37.3 Å². The number of benzene rings is 1. The van der Waals surface area contributed by atoms with E-state index in [0.29, 0.717) is 11.5 Å². The Kier molecular flexibility index (Phi) is 4.92. The summed E-state index contributed by atoms with van der Waals surface area (Å²) < 4.78 is 26.8. The van der Waals surface area contributed by atoms with Crippen LogP contribution in [0.3, 0.4) is 0 Å². The highest BCUT2D eigenvalue weighted by Crippen LogP contribution is 2.21. The van der Waals surface area contributed by atoms with Gasteiger partial charge in [-0.15, -0.1) is 10.2 Å². The second-order valence-corrected chi connectivity index (χ2v) is 7.75. The first-order chi connectivity index (χ1) is 9.90. The number of rotatable bonds is 6. The third-order valence-electron chi connectivity index (χ3n) is 2.69. The Labute approximate surface area is 127 Å². The van der Waals surface area contributed by atoms with Gasteiger partial charge in [-0.05, 0) is 23.6 Å². The van der Waals surface area contributed by atoms with Crippen LogP contribution in [0.5, 0.6) is 0 Å². The van der Waals surface area contributed by atoms with E-state index in [1.54, 1.807) is 12.1 Å². The van der Waals surface area contributed by atoms with Crippen molar-refractivity contribution in [2.24, 2.45) is 5.92 Å². The maximum atomic E-state index is 12.2. The van der Waals surface area contributed by atoms with Crippen LogP contribution in [0.4, 0.5) is 5.13 Å². The highest BCUT2D eigenvalue weighted by molar-refractivity contribution is 7.93. The van der Waals surface area contributed by atoms with Crippen LogP contribution in [0, 0.1) is 5.92 Å². The second kappa shape index (κ2) is 6.50. The molecule has 6 nitrogen and oxygen atoms in total. The lowest BCUT2D eigenvalue weighted by molar-refractivity contribution is 0.282. The van der Waals surface area contributed by atoms with E-state index < -0.39 is 10.0 Å². The van der Waals surface area contributed by atoms with Crippen LogP contribution in [0.2, 0.25) is 0 Å². The fourth-order valence-electron chi connectivity index (χ4n) is 1.67. The van der Waals surface area contributed by atoms with Gasteiger partial charge in [0.05, 0.1) is 11.5 Å². The number of nitrogens with one attached hydrogen (secondary N) is 1. The number of aliphatic hydroxyl groups excluding tert-OH is 1. The highest BCUT2D eigenvalue weighted by Gasteiger charge is 2.17. The summed E-state index contributed by atoms with van der Waals surface area (Å²) in [5.74, 6) is 0.438. The first-order valence-corrected chi connectivity index (χ1v) is 8.75. The molecule has 0 saturated carbocycles. The molecular weight excluding hydrogens is 310 g/mol. The van der Waals surface area contributed by atoms with Gasteiger partial charge in [-0.25, -0.2) is 8.42 Å². The molecule has 2 rings (SSSR count). The molecule has 0 saturated heterocycles. The monoisotopic (exact) mass is 327 g/mol. The Morgan fingerprint density at radius 2 is 1.90 bits per heavy atom. The number of hydrogen-bond acceptors (Lipinski definition) is 6. The Morgan fingerprint density at radius 1 is 1.24 bits per heavy atom. The summed E-state index contributed by atoms with van der Waals surface area (Å²) in [6.45, 7) is 4.00. The first-order valence-electron chi connectivity index (χ1n) is 6.45. The molecule has 0 aliphatic carbocycles. The van der Waals surface area contributed by atoms with Crippen LogP contribution >= 0.6 is 11.3 Å². The summed E-state index contributed by atoms with van der Waals surface area (Å²) in [5, 5.41) is 17.8. The minimum atomic E-state index is -3.68. The molecule has 114 valence electrons. The Bertz CT molecular complexity index is 694. The van der Waals surface area contributed by atoms with Crippen molar-refractivity contribution in [1.29, 1.82) is 0 Å². The largest absolute Gasteiger partial charge is 0.392 e. The van der Waals surface area contributed by atoms with Gasteiger partial charge in [0.1, 0.15) is 5.01 Å². The fourth-order valence-corrected chi connectivity index (χ4v) is 3.86. The number of nitrogens with zero attached hydrogens (tertiary/aromatic N) is 2. The molecule has 1 heterocycles. The van der Waals surface area contributed by atoms with E-state index in [0.717, 1.165) is 11.4 Å². The van der Waals surface area contributed by atoms with Crippen molar-refractivity contribution < 1.29 is 13.5 Å². The van der Waals surface area contributed by atoms with E-state index in [1.807, 2.05) is 0 Å². The summed E-state index contributed by atoms with van der Waals surface area (Å²) in [6.07, 6.45) is 0.768. The minimum Gasteiger partial charge on any atom is -0.392 e. The van der Waals surface area contributed by atoms with E-state index in [9.17, 15) is 8.42 Å². The zero-order valence-corrected chi connectivity index (χ0v) is 13.4. The highest BCUT2D eigenvalue weighted by atomic mass is 32.2. The molecule has 1 aromatic carbocycles. The molecule has 1 aromatic heterocycles. The van der Waals surface area contributed by atoms with Crippen molar-refractivity contribution in [3.63, 3.8) is 0 Å². The standard InChI is InChI=1S/C13H17N3O3S2/c1-9(2)7-12-14-15-13(20-12)16-21(18,19)11-5-3-10(8-17)4-6-11/h3-6,9,17H,7-8H2,1-2H3,(H,15,16). The van der Waals surface area contributed by atoms with Gasteiger partial charge in [-0.2, -0.15) is 0 Å². The molecule has 0 unspecified atom stereocenters. The predicted octanol–water partition coefficient (Wildman–Crippen LogP) is 2.03. The maximum absolute atomic E-state index is 12.2. The number of sulfonamides is 1. The molecule has 21 heavy (non-hydrogen) atoms. The number of aliphatic hydroxyl groups is 1. The maximum Gasteiger partial charge on any atom is 0.263 e. The van der Waals surface area contributed by atoms with Crippen molar-refractivity contribution in [3.05, 3.63) is 34.8 Å². The van der Waals surface area contributed by atoms with Crippen LogP contribution in [0.15, 0.2) is 29.2 Å². The van der Waals surface area contributed by atoms with Gasteiger partial charge in [0.25, 0.3) is 10.0 Å². The van der Waals surface area contributed by atoms with Crippen molar-refractivity contribution in [2.45, 2.75) is 31.8 Å². The SMILES string of the molecule is CC(C)Cc1nnc(NS(=O)(=O)c2ccc(CO)cc2)s1. The normalized spacial score (nSPS) is 11.8. The molecule has 0 radical (unpaired) electrons. The van der Waals surface area contributed by atoms with Crippen LogP contribution in [-0.2, 0) is 23.1 Å². The van der Waals surface area contributed by atoms with E-state index in [1.165, 1.54) is 23.5 Å². The van der Waals surface area contributed by atoms with Crippen LogP contribution < -0.4 is 4.72 Å². The number of hydrogen-bond donors (Lipinski definition) is 2. The topological polar surface area (TPSA) is 92.2 Å². The zero-order chi connectivity index (χ0) is 15.5. The lowest BCUT2D eigenvalue weighted by Gasteiger charge is -2.05. The fraction of sp³-hybridized carbons (Fsp3) is 0.385. The molecule has 8 heteroatoms. The van der Waals surface area contributed by atoms with Gasteiger partial charge >= 0.3 is 0 Å². The molecule has 0 bridgehead atoms. The average molecular weight is 327 g/mol. The average Bonchev–Trinajstić information content (AvgIpc) is 2.84. The van der Waals surface area contributed by atoms with Crippen molar-refractivity contribution in [2.75, 3.05) is 4.72 Å². The molecule has 0 atom stereocenters. The Morgan fingerprint density at radius 3 is 2.48 bits per heavy atom. The summed E-state index contributed by atoms with van der Waals surface area (Å²) in [5.41, 5.74) is 0.657. The molecule has 0 aliphatic heterocycles. The molecule has 0 spiro atoms. The van der Waals surface area contributed by atoms with E-state index in [-0.39, 0.29) is 16.6 Å². The van der Waals surface area contributed by atoms with Gasteiger partial charge < -0.3 is 5.11 Å². The molecule has 0 fully saturated rings. The van der Waals surface area contributed by atoms with Gasteiger partial charge in [0.15, 0.2) is 0 Å². The first kappa shape index (κ1) is 15.9. The Balaban J connectivity index is 2.14. The van der Waals surface area contributed by atoms with E-state index in [4.69, 9.17) is 5.11 Å². The van der Waals surface area contributed by atoms with Gasteiger partial charge in [-0.3, -0.25) is 4.72 Å². The van der Waals surface area contributed by atoms with Crippen molar-refractivity contribution >= 4 is 26.5 Å². The molecular formula is C13H17N3O3S2. The molecule has 2 N–H and O–H groups in total. The lowest BCUT2D eigenvalue weighted by Crippen LogP contribution is -2.12. The third kappa shape index (κ3) is 4.23. The van der Waals surface area contributed by atoms with Crippen molar-refractivity contribution in [3.8, 4) is 0 Å². The summed E-state index contributed by atoms with van der Waals surface area (Å²) in [4.78, 5) is 0.125. The Hall–Kier alpha value is -1.51. The lowest BCUT2D eigenvalue weighted by atomic mass is 10.1. The third-order valence-corrected chi connectivity index (χ3v) is 5.03. The zero-order valence-electron chi connectivity index (χ0n) is 11.8. The molecule has 0 amide bonds. The summed E-state index contributed by atoms with van der Waals surface area (Å²) in [7, 11) is -3.68. The quantitative estimate of drug-likeness (QED) is 0.847. The van der Waals surface area contributed by atoms with E-state index in [2.05, 4.69) is 28.8 Å². The predicted molar refractivity (Wildman–Crippen MR) is 81.6 cm³/mol. The second-order valence-electron chi connectivity index (χ2n) is 5.01. The molecule has 0 aliphatic rings. The smallest absolute Gasteiger partial charge is 0.263 e. The number of anilines is 1. The minimum absolute atomic E-state index is 0.122. The van der Waals surface area contributed by atoms with Gasteiger partial charge in [0, 0.05) is 6.42 Å². The van der Waals surface area contributed by atoms with Crippen LogP contribution in [0.25, 0.3) is 0 Å². The van der Waals surface area contributed by atoms with E-state index >= 15 is 0 Å². The molecule has 2 aromatic rings. The summed E-state index contributed by atoms with van der Waals surface area (Å²) in [6, 6.07) is 6.03. The van der Waals surface area contributed by atoms with Gasteiger partial charge in [0.2, 0.25) is 5.13 Å². The van der Waals surface area contributed by atoms with Crippen LogP contribution in [0.1, 0.15) is 24.4 Å². The van der Waals surface area contributed by atoms with Crippen molar-refractivity contribution in [1.82, 2.24) is 10.2 Å². The van der Waals surface area contributed by atoms with Crippen LogP contribution in [-0.4, -0.2) is 23.7 Å². The summed E-state index contributed by atoms with van der Waals surface area (Å²) >= 11 is 1.24.